The maximum Gasteiger partial charge on any atom is 0.419 e. The van der Waals surface area contributed by atoms with Crippen LogP contribution in [-0.4, -0.2) is 50.1 Å². The number of carbonyl (C=O) groups excluding carboxylic acids is 2. The van der Waals surface area contributed by atoms with Crippen LogP contribution in [0.5, 0.6) is 17.2 Å². The van der Waals surface area contributed by atoms with E-state index in [1.54, 1.807) is 38.5 Å². The monoisotopic (exact) mass is 703 g/mol. The molecule has 8 heteroatoms. The van der Waals surface area contributed by atoms with Crippen LogP contribution in [0.3, 0.4) is 0 Å². The average Bonchev–Trinajstić information content (AvgIpc) is 3.71. The zero-order valence-corrected chi connectivity index (χ0v) is 29.5. The van der Waals surface area contributed by atoms with E-state index in [-0.39, 0.29) is 18.3 Å². The zero-order valence-electron chi connectivity index (χ0n) is 29.5. The summed E-state index contributed by atoms with van der Waals surface area (Å²) in [5, 5.41) is 10.4. The highest BCUT2D eigenvalue weighted by atomic mass is 16.6. The Bertz CT molecular complexity index is 2310. The predicted molar refractivity (Wildman–Crippen MR) is 202 cm³/mol. The molecule has 0 radical (unpaired) electrons. The quantitative estimate of drug-likeness (QED) is 0.169. The number of ether oxygens (including phenoxy) is 4. The molecule has 0 spiro atoms. The fourth-order valence-corrected chi connectivity index (χ4v) is 8.11. The van der Waals surface area contributed by atoms with Gasteiger partial charge in [-0.3, -0.25) is 0 Å². The Balaban J connectivity index is 1.27. The molecule has 53 heavy (non-hydrogen) atoms. The first kappa shape index (κ1) is 33.6. The molecule has 0 aromatic heterocycles. The van der Waals surface area contributed by atoms with Gasteiger partial charge in [-0.25, -0.2) is 14.5 Å². The van der Waals surface area contributed by atoms with E-state index in [2.05, 4.69) is 18.2 Å². The number of phenols is 1. The van der Waals surface area contributed by atoms with E-state index in [0.29, 0.717) is 17.1 Å². The fourth-order valence-electron chi connectivity index (χ4n) is 8.11. The normalized spacial score (nSPS) is 14.3. The topological polar surface area (TPSA) is 94.5 Å². The van der Waals surface area contributed by atoms with E-state index in [1.165, 1.54) is 7.11 Å². The van der Waals surface area contributed by atoms with Gasteiger partial charge in [0.25, 0.3) is 0 Å². The average molecular weight is 704 g/mol. The van der Waals surface area contributed by atoms with Gasteiger partial charge in [-0.2, -0.15) is 0 Å². The number of benzene rings is 6. The van der Waals surface area contributed by atoms with Crippen LogP contribution in [-0.2, 0) is 9.47 Å². The van der Waals surface area contributed by atoms with Crippen molar-refractivity contribution in [2.24, 2.45) is 0 Å². The molecule has 8 rings (SSSR count). The first-order valence-electron chi connectivity index (χ1n) is 17.4. The fraction of sp³-hybridized carbons (Fsp3) is 0.156. The van der Waals surface area contributed by atoms with Crippen molar-refractivity contribution in [2.75, 3.05) is 27.9 Å². The lowest BCUT2D eigenvalue weighted by atomic mass is 9.81. The number of carbonyl (C=O) groups is 2. The lowest BCUT2D eigenvalue weighted by molar-refractivity contribution is 0.0673. The van der Waals surface area contributed by atoms with Crippen molar-refractivity contribution in [3.8, 4) is 50.6 Å². The molecule has 6 aromatic rings. The smallest absolute Gasteiger partial charge is 0.419 e. The first-order chi connectivity index (χ1) is 25.9. The van der Waals surface area contributed by atoms with Crippen LogP contribution in [0.4, 0.5) is 9.59 Å². The second-order valence-corrected chi connectivity index (χ2v) is 13.1. The van der Waals surface area contributed by atoms with Crippen molar-refractivity contribution in [3.05, 3.63) is 161 Å². The molecule has 8 nitrogen and oxygen atoms in total. The molecule has 0 saturated carbocycles. The Morgan fingerprint density at radius 1 is 0.623 bits per heavy atom. The number of amides is 2. The molecule has 2 aliphatic rings. The van der Waals surface area contributed by atoms with Crippen LogP contribution in [0.15, 0.2) is 133 Å². The highest BCUT2D eigenvalue weighted by Crippen LogP contribution is 2.56. The van der Waals surface area contributed by atoms with Gasteiger partial charge in [0.15, 0.2) is 0 Å². The summed E-state index contributed by atoms with van der Waals surface area (Å²) >= 11 is 0. The number of aromatic hydroxyl groups is 1. The van der Waals surface area contributed by atoms with E-state index in [4.69, 9.17) is 18.9 Å². The minimum absolute atomic E-state index is 0.00872. The summed E-state index contributed by atoms with van der Waals surface area (Å²) in [7, 11) is 4.47. The van der Waals surface area contributed by atoms with Crippen LogP contribution >= 0.6 is 0 Å². The van der Waals surface area contributed by atoms with Gasteiger partial charge in [0.2, 0.25) is 0 Å². The maximum atomic E-state index is 14.6. The standard InChI is InChI=1S/C45H37NO7/c1-50-29-23-24-35(40(25-29)51-2)38-18-10-17-36-34-15-8-9-16-37(34)42(41(36)38)43(27-19-21-28(47)22-20-27)46(44(48)52-3)45(49)53-26-39-32-13-6-4-11-30(32)31-12-5-7-14-33(31)39/h4-25,39,42-43,47H,26H2,1-3H3. The van der Waals surface area contributed by atoms with Gasteiger partial charge in [-0.1, -0.05) is 103 Å². The van der Waals surface area contributed by atoms with Gasteiger partial charge in [-0.05, 0) is 79.9 Å². The third kappa shape index (κ3) is 5.73. The van der Waals surface area contributed by atoms with Crippen molar-refractivity contribution < 1.29 is 33.6 Å². The zero-order chi connectivity index (χ0) is 36.6. The van der Waals surface area contributed by atoms with E-state index in [1.807, 2.05) is 91.0 Å². The Kier molecular flexibility index (Phi) is 8.80. The number of phenolic OH excluding ortho intramolecular Hbond substituents is 1. The summed E-state index contributed by atoms with van der Waals surface area (Å²) in [4.78, 5) is 29.8. The highest BCUT2D eigenvalue weighted by molar-refractivity contribution is 5.92. The Labute approximate surface area is 307 Å². The second kappa shape index (κ2) is 13.9. The van der Waals surface area contributed by atoms with Crippen LogP contribution in [0.1, 0.15) is 45.7 Å². The third-order valence-corrected chi connectivity index (χ3v) is 10.4. The Morgan fingerprint density at radius 2 is 1.19 bits per heavy atom. The Morgan fingerprint density at radius 3 is 1.79 bits per heavy atom. The molecule has 2 amide bonds. The molecule has 264 valence electrons. The number of hydrogen-bond donors (Lipinski definition) is 1. The summed E-state index contributed by atoms with van der Waals surface area (Å²) in [6, 6.07) is 41.5. The van der Waals surface area contributed by atoms with Gasteiger partial charge >= 0.3 is 12.2 Å². The molecule has 2 aliphatic carbocycles. The molecule has 0 bridgehead atoms. The van der Waals surface area contributed by atoms with E-state index in [9.17, 15) is 14.7 Å². The van der Waals surface area contributed by atoms with Crippen LogP contribution in [0, 0.1) is 0 Å². The van der Waals surface area contributed by atoms with Gasteiger partial charge in [0.1, 0.15) is 23.9 Å². The molecule has 0 heterocycles. The van der Waals surface area contributed by atoms with Crippen molar-refractivity contribution in [1.82, 2.24) is 4.90 Å². The molecular formula is C45H37NO7. The van der Waals surface area contributed by atoms with Crippen LogP contribution in [0.25, 0.3) is 33.4 Å². The second-order valence-electron chi connectivity index (χ2n) is 13.1. The van der Waals surface area contributed by atoms with E-state index < -0.39 is 24.1 Å². The van der Waals surface area contributed by atoms with Crippen molar-refractivity contribution >= 4 is 12.2 Å². The summed E-state index contributed by atoms with van der Waals surface area (Å²) in [5.41, 5.74) is 10.3. The molecule has 0 saturated heterocycles. The number of hydrogen-bond acceptors (Lipinski definition) is 7. The lowest BCUT2D eigenvalue weighted by Gasteiger charge is -2.35. The van der Waals surface area contributed by atoms with Gasteiger partial charge in [-0.15, -0.1) is 0 Å². The first-order valence-corrected chi connectivity index (χ1v) is 17.4. The third-order valence-electron chi connectivity index (χ3n) is 10.4. The minimum atomic E-state index is -0.952. The minimum Gasteiger partial charge on any atom is -0.508 e. The number of methoxy groups -OCH3 is 3. The molecule has 0 aliphatic heterocycles. The van der Waals surface area contributed by atoms with Crippen molar-refractivity contribution in [3.63, 3.8) is 0 Å². The molecule has 1 N–H and O–H groups in total. The summed E-state index contributed by atoms with van der Waals surface area (Å²) in [6.07, 6.45) is -1.71. The number of imide groups is 1. The van der Waals surface area contributed by atoms with Crippen LogP contribution in [0.2, 0.25) is 0 Å². The number of rotatable bonds is 8. The summed E-state index contributed by atoms with van der Waals surface area (Å²) in [5.74, 6) is 0.504. The SMILES string of the molecule is COC(=O)N(C(=O)OCC1c2ccccc2-c2ccccc21)C(c1ccc(O)cc1)C1c2ccccc2-c2cccc(-c3ccc(OC)cc3OC)c21. The van der Waals surface area contributed by atoms with E-state index >= 15 is 0 Å². The molecule has 0 fully saturated rings. The maximum absolute atomic E-state index is 14.6. The van der Waals surface area contributed by atoms with Crippen molar-refractivity contribution in [1.29, 1.82) is 0 Å². The van der Waals surface area contributed by atoms with Gasteiger partial charge in [0.05, 0.1) is 27.4 Å². The molecular weight excluding hydrogens is 666 g/mol. The molecule has 2 unspecified atom stereocenters. The van der Waals surface area contributed by atoms with Gasteiger partial charge in [0, 0.05) is 23.5 Å². The van der Waals surface area contributed by atoms with Crippen molar-refractivity contribution in [2.45, 2.75) is 17.9 Å². The predicted octanol–water partition coefficient (Wildman–Crippen LogP) is 9.95. The van der Waals surface area contributed by atoms with Crippen LogP contribution < -0.4 is 9.47 Å². The lowest BCUT2D eigenvalue weighted by Crippen LogP contribution is -2.43. The summed E-state index contributed by atoms with van der Waals surface area (Å²) < 4.78 is 22.9. The Hall–Kier alpha value is -6.54. The van der Waals surface area contributed by atoms with E-state index in [0.717, 1.165) is 60.5 Å². The van der Waals surface area contributed by atoms with Gasteiger partial charge < -0.3 is 24.1 Å². The molecule has 6 aromatic carbocycles. The highest BCUT2D eigenvalue weighted by Gasteiger charge is 2.45. The summed E-state index contributed by atoms with van der Waals surface area (Å²) in [6.45, 7) is 0.00872. The number of fused-ring (bicyclic) bond motifs is 6. The molecule has 2 atom stereocenters. The largest absolute Gasteiger partial charge is 0.508 e. The number of nitrogens with zero attached hydrogens (tertiary/aromatic N) is 1.